The van der Waals surface area contributed by atoms with Crippen molar-refractivity contribution in [3.63, 3.8) is 0 Å². The van der Waals surface area contributed by atoms with Crippen molar-refractivity contribution >= 4 is 27.1 Å². The van der Waals surface area contributed by atoms with Gasteiger partial charge in [0.15, 0.2) is 9.84 Å². The van der Waals surface area contributed by atoms with Crippen LogP contribution < -0.4 is 0 Å². The highest BCUT2D eigenvalue weighted by Gasteiger charge is 2.18. The lowest BCUT2D eigenvalue weighted by atomic mass is 10.2. The van der Waals surface area contributed by atoms with Gasteiger partial charge in [0, 0.05) is 19.0 Å². The molecule has 0 aliphatic carbocycles. The Labute approximate surface area is 156 Å². The molecule has 1 aromatic carbocycles. The Kier molecular flexibility index (Phi) is 5.49. The minimum absolute atomic E-state index is 0.0714. The van der Waals surface area contributed by atoms with Crippen LogP contribution in [0.1, 0.15) is 20.9 Å². The molecule has 0 radical (unpaired) electrons. The molecule has 2 heterocycles. The molecule has 0 aliphatic rings. The van der Waals surface area contributed by atoms with Crippen molar-refractivity contribution < 1.29 is 13.2 Å². The van der Waals surface area contributed by atoms with E-state index in [4.69, 9.17) is 0 Å². The summed E-state index contributed by atoms with van der Waals surface area (Å²) in [6, 6.07) is 15.9. The van der Waals surface area contributed by atoms with Gasteiger partial charge in [-0.3, -0.25) is 9.78 Å². The van der Waals surface area contributed by atoms with Crippen LogP contribution in [0.25, 0.3) is 0 Å². The normalized spacial score (nSPS) is 11.3. The molecule has 0 spiro atoms. The summed E-state index contributed by atoms with van der Waals surface area (Å²) in [4.78, 5) is 19.8. The maximum atomic E-state index is 12.9. The highest BCUT2D eigenvalue weighted by molar-refractivity contribution is 7.90. The van der Waals surface area contributed by atoms with Gasteiger partial charge in [-0.1, -0.05) is 24.3 Å². The van der Waals surface area contributed by atoms with E-state index < -0.39 is 9.84 Å². The zero-order valence-electron chi connectivity index (χ0n) is 14.2. The Balaban J connectivity index is 1.84. The summed E-state index contributed by atoms with van der Waals surface area (Å²) in [5, 5.41) is 1.87. The lowest BCUT2D eigenvalue weighted by Gasteiger charge is -2.22. The van der Waals surface area contributed by atoms with E-state index in [1.165, 1.54) is 17.6 Å². The average molecular weight is 386 g/mol. The average Bonchev–Trinajstić information content (AvgIpc) is 3.16. The number of nitrogens with zero attached hydrogens (tertiary/aromatic N) is 2. The molecule has 0 bridgehead atoms. The van der Waals surface area contributed by atoms with Crippen molar-refractivity contribution in [3.05, 3.63) is 82.3 Å². The van der Waals surface area contributed by atoms with Crippen molar-refractivity contribution in [2.45, 2.75) is 18.0 Å². The standard InChI is InChI=1S/C19H18N2O3S2/c1-26(23,24)17-9-7-15(8-10-17)13-21(14-16-5-2-3-11-20-16)19(22)18-6-4-12-25-18/h2-12H,13-14H2,1H3. The second-order valence-corrected chi connectivity index (χ2v) is 8.84. The van der Waals surface area contributed by atoms with E-state index in [2.05, 4.69) is 4.98 Å². The van der Waals surface area contributed by atoms with Crippen LogP contribution in [-0.4, -0.2) is 30.5 Å². The number of carbonyl (C=O) groups is 1. The number of pyridine rings is 1. The molecule has 7 heteroatoms. The van der Waals surface area contributed by atoms with Crippen molar-refractivity contribution in [1.29, 1.82) is 0 Å². The monoisotopic (exact) mass is 386 g/mol. The van der Waals surface area contributed by atoms with Gasteiger partial charge in [-0.2, -0.15) is 0 Å². The quantitative estimate of drug-likeness (QED) is 0.651. The maximum Gasteiger partial charge on any atom is 0.264 e. The maximum absolute atomic E-state index is 12.9. The zero-order valence-corrected chi connectivity index (χ0v) is 15.8. The second-order valence-electron chi connectivity index (χ2n) is 5.88. The number of amides is 1. The molecule has 5 nitrogen and oxygen atoms in total. The van der Waals surface area contributed by atoms with E-state index in [9.17, 15) is 13.2 Å². The van der Waals surface area contributed by atoms with Gasteiger partial charge in [0.05, 0.1) is 22.0 Å². The Morgan fingerprint density at radius 2 is 1.81 bits per heavy atom. The van der Waals surface area contributed by atoms with E-state index in [-0.39, 0.29) is 10.8 Å². The Hall–Kier alpha value is -2.51. The summed E-state index contributed by atoms with van der Waals surface area (Å²) >= 11 is 1.40. The van der Waals surface area contributed by atoms with Gasteiger partial charge in [0.25, 0.3) is 5.91 Å². The van der Waals surface area contributed by atoms with E-state index in [1.807, 2.05) is 29.6 Å². The third-order valence-corrected chi connectivity index (χ3v) is 5.81. The van der Waals surface area contributed by atoms with Gasteiger partial charge in [-0.05, 0) is 41.3 Å². The lowest BCUT2D eigenvalue weighted by molar-refractivity contribution is 0.0733. The molecule has 0 saturated heterocycles. The van der Waals surface area contributed by atoms with Crippen LogP contribution >= 0.6 is 11.3 Å². The summed E-state index contributed by atoms with van der Waals surface area (Å²) < 4.78 is 23.2. The van der Waals surface area contributed by atoms with Gasteiger partial charge < -0.3 is 4.90 Å². The van der Waals surface area contributed by atoms with Crippen LogP contribution in [0.15, 0.2) is 71.1 Å². The van der Waals surface area contributed by atoms with Gasteiger partial charge in [-0.25, -0.2) is 8.42 Å². The number of hydrogen-bond acceptors (Lipinski definition) is 5. The molecule has 0 atom stereocenters. The molecule has 0 saturated carbocycles. The fraction of sp³-hybridized carbons (Fsp3) is 0.158. The lowest BCUT2D eigenvalue weighted by Crippen LogP contribution is -2.29. The smallest absolute Gasteiger partial charge is 0.264 e. The molecule has 2 aromatic heterocycles. The topological polar surface area (TPSA) is 67.3 Å². The Morgan fingerprint density at radius 1 is 1.04 bits per heavy atom. The van der Waals surface area contributed by atoms with E-state index >= 15 is 0 Å². The largest absolute Gasteiger partial charge is 0.328 e. The van der Waals surface area contributed by atoms with E-state index in [0.29, 0.717) is 18.0 Å². The number of benzene rings is 1. The second kappa shape index (κ2) is 7.80. The first-order valence-electron chi connectivity index (χ1n) is 7.95. The van der Waals surface area contributed by atoms with Crippen molar-refractivity contribution in [2.75, 3.05) is 6.26 Å². The van der Waals surface area contributed by atoms with Crippen molar-refractivity contribution in [2.24, 2.45) is 0 Å². The van der Waals surface area contributed by atoms with Crippen LogP contribution in [0.3, 0.4) is 0 Å². The first-order chi connectivity index (χ1) is 12.4. The summed E-state index contributed by atoms with van der Waals surface area (Å²) in [5.41, 5.74) is 1.66. The molecular formula is C19H18N2O3S2. The van der Waals surface area contributed by atoms with Crippen molar-refractivity contribution in [3.8, 4) is 0 Å². The third-order valence-electron chi connectivity index (χ3n) is 3.82. The van der Waals surface area contributed by atoms with E-state index in [0.717, 1.165) is 11.3 Å². The minimum Gasteiger partial charge on any atom is -0.328 e. The van der Waals surface area contributed by atoms with E-state index in [1.54, 1.807) is 41.4 Å². The molecule has 0 fully saturated rings. The highest BCUT2D eigenvalue weighted by Crippen LogP contribution is 2.18. The molecule has 3 rings (SSSR count). The van der Waals surface area contributed by atoms with Gasteiger partial charge in [0.2, 0.25) is 0 Å². The van der Waals surface area contributed by atoms with Gasteiger partial charge in [0.1, 0.15) is 0 Å². The molecule has 0 unspecified atom stereocenters. The summed E-state index contributed by atoms with van der Waals surface area (Å²) in [5.74, 6) is -0.0714. The van der Waals surface area contributed by atoms with Crippen LogP contribution in [0.4, 0.5) is 0 Å². The van der Waals surface area contributed by atoms with Crippen LogP contribution in [0, 0.1) is 0 Å². The minimum atomic E-state index is -3.24. The fourth-order valence-corrected chi connectivity index (χ4v) is 3.83. The van der Waals surface area contributed by atoms with Crippen LogP contribution in [-0.2, 0) is 22.9 Å². The number of thiophene rings is 1. The fourth-order valence-electron chi connectivity index (χ4n) is 2.51. The summed E-state index contributed by atoms with van der Waals surface area (Å²) in [7, 11) is -3.24. The van der Waals surface area contributed by atoms with Crippen LogP contribution in [0.2, 0.25) is 0 Å². The predicted molar refractivity (Wildman–Crippen MR) is 102 cm³/mol. The van der Waals surface area contributed by atoms with Gasteiger partial charge in [-0.15, -0.1) is 11.3 Å². The molecule has 0 N–H and O–H groups in total. The number of sulfone groups is 1. The molecule has 134 valence electrons. The number of rotatable bonds is 6. The molecular weight excluding hydrogens is 368 g/mol. The summed E-state index contributed by atoms with van der Waals surface area (Å²) in [6.45, 7) is 0.753. The molecule has 1 amide bonds. The number of aromatic nitrogens is 1. The van der Waals surface area contributed by atoms with Crippen molar-refractivity contribution in [1.82, 2.24) is 9.88 Å². The summed E-state index contributed by atoms with van der Waals surface area (Å²) in [6.07, 6.45) is 2.87. The predicted octanol–water partition coefficient (Wildman–Crippen LogP) is 3.39. The van der Waals surface area contributed by atoms with Crippen LogP contribution in [0.5, 0.6) is 0 Å². The Morgan fingerprint density at radius 3 is 2.38 bits per heavy atom. The molecule has 26 heavy (non-hydrogen) atoms. The highest BCUT2D eigenvalue weighted by atomic mass is 32.2. The first-order valence-corrected chi connectivity index (χ1v) is 10.7. The number of carbonyl (C=O) groups excluding carboxylic acids is 1. The zero-order chi connectivity index (χ0) is 18.6. The van der Waals surface area contributed by atoms with Gasteiger partial charge >= 0.3 is 0 Å². The SMILES string of the molecule is CS(=O)(=O)c1ccc(CN(Cc2ccccn2)C(=O)c2cccs2)cc1. The first kappa shape index (κ1) is 18.3. The number of hydrogen-bond donors (Lipinski definition) is 0. The Bertz CT molecular complexity index is 967. The molecule has 3 aromatic rings. The third kappa shape index (κ3) is 4.56. The molecule has 0 aliphatic heterocycles.